The average molecular weight is 466 g/mol. The Balaban J connectivity index is 1.36. The van der Waals surface area contributed by atoms with Crippen molar-refractivity contribution in [1.29, 1.82) is 0 Å². The van der Waals surface area contributed by atoms with Gasteiger partial charge >= 0.3 is 0 Å². The summed E-state index contributed by atoms with van der Waals surface area (Å²) >= 11 is 1.50. The Bertz CT molecular complexity index is 1110. The molecule has 172 valence electrons. The third-order valence-electron chi connectivity index (χ3n) is 5.82. The van der Waals surface area contributed by atoms with Gasteiger partial charge < -0.3 is 20.3 Å². The Kier molecular flexibility index (Phi) is 6.47. The molecule has 1 atom stereocenters. The zero-order chi connectivity index (χ0) is 22.6. The molecule has 0 bridgehead atoms. The van der Waals surface area contributed by atoms with Crippen LogP contribution < -0.4 is 10.6 Å². The van der Waals surface area contributed by atoms with E-state index in [4.69, 9.17) is 9.72 Å². The first-order chi connectivity index (χ1) is 16.2. The molecular formula is C23H27N7O2S. The second kappa shape index (κ2) is 9.82. The van der Waals surface area contributed by atoms with E-state index < -0.39 is 0 Å². The summed E-state index contributed by atoms with van der Waals surface area (Å²) in [6.45, 7) is 9.13. The number of pyridine rings is 2. The molecule has 2 saturated heterocycles. The van der Waals surface area contributed by atoms with Crippen molar-refractivity contribution >= 4 is 44.4 Å². The number of carbonyl (C=O) groups excluding carboxylic acids is 1. The molecule has 2 fully saturated rings. The molecule has 10 heteroatoms. The quantitative estimate of drug-likeness (QED) is 0.515. The maximum absolute atomic E-state index is 11.9. The van der Waals surface area contributed by atoms with Gasteiger partial charge in [-0.1, -0.05) is 17.9 Å². The number of morpholine rings is 1. The molecule has 2 aliphatic heterocycles. The van der Waals surface area contributed by atoms with Gasteiger partial charge in [0.05, 0.1) is 13.2 Å². The summed E-state index contributed by atoms with van der Waals surface area (Å²) in [6, 6.07) is 8.16. The van der Waals surface area contributed by atoms with E-state index in [1.54, 1.807) is 6.20 Å². The second-order valence-electron chi connectivity index (χ2n) is 8.22. The molecule has 5 heterocycles. The summed E-state index contributed by atoms with van der Waals surface area (Å²) < 4.78 is 5.49. The molecule has 3 aromatic heterocycles. The predicted molar refractivity (Wildman–Crippen MR) is 130 cm³/mol. The zero-order valence-corrected chi connectivity index (χ0v) is 19.2. The zero-order valence-electron chi connectivity index (χ0n) is 18.4. The predicted octanol–water partition coefficient (Wildman–Crippen LogP) is 2.86. The normalized spacial score (nSPS) is 19.0. The van der Waals surface area contributed by atoms with Crippen molar-refractivity contribution in [2.24, 2.45) is 0 Å². The third-order valence-corrected chi connectivity index (χ3v) is 6.72. The van der Waals surface area contributed by atoms with Gasteiger partial charge in [0, 0.05) is 45.0 Å². The number of likely N-dealkylation sites (tertiary alicyclic amines) is 1. The Morgan fingerprint density at radius 3 is 2.91 bits per heavy atom. The van der Waals surface area contributed by atoms with E-state index in [1.165, 1.54) is 17.4 Å². The molecule has 33 heavy (non-hydrogen) atoms. The SMILES string of the molecule is C=CC(=O)N1CC[C@H](Nc2cc(CN3CCOCC3)cc(Nc3nc4cccnc4s3)n2)C1. The molecule has 3 aromatic rings. The lowest BCUT2D eigenvalue weighted by Gasteiger charge is -2.27. The number of fused-ring (bicyclic) bond motifs is 1. The van der Waals surface area contributed by atoms with Crippen molar-refractivity contribution in [3.8, 4) is 0 Å². The van der Waals surface area contributed by atoms with Crippen LogP contribution in [0.5, 0.6) is 0 Å². The number of ether oxygens (including phenoxy) is 1. The van der Waals surface area contributed by atoms with Crippen molar-refractivity contribution in [1.82, 2.24) is 24.8 Å². The van der Waals surface area contributed by atoms with Crippen LogP contribution in [0.25, 0.3) is 10.3 Å². The first kappa shape index (κ1) is 21.7. The van der Waals surface area contributed by atoms with Crippen LogP contribution in [0.4, 0.5) is 16.8 Å². The van der Waals surface area contributed by atoms with Gasteiger partial charge in [-0.2, -0.15) is 0 Å². The topological polar surface area (TPSA) is 95.5 Å². The van der Waals surface area contributed by atoms with Gasteiger partial charge in [0.2, 0.25) is 5.91 Å². The summed E-state index contributed by atoms with van der Waals surface area (Å²) in [5.74, 6) is 1.50. The minimum absolute atomic E-state index is 0.0277. The van der Waals surface area contributed by atoms with E-state index in [2.05, 4.69) is 44.2 Å². The van der Waals surface area contributed by atoms with Crippen LogP contribution in [-0.2, 0) is 16.1 Å². The van der Waals surface area contributed by atoms with E-state index in [0.29, 0.717) is 6.54 Å². The summed E-state index contributed by atoms with van der Waals surface area (Å²) in [6.07, 6.45) is 4.02. The van der Waals surface area contributed by atoms with Crippen LogP contribution in [0.3, 0.4) is 0 Å². The van der Waals surface area contributed by atoms with Crippen LogP contribution in [0.15, 0.2) is 43.1 Å². The Morgan fingerprint density at radius 1 is 1.24 bits per heavy atom. The summed E-state index contributed by atoms with van der Waals surface area (Å²) in [7, 11) is 0. The summed E-state index contributed by atoms with van der Waals surface area (Å²) in [4.78, 5) is 30.8. The summed E-state index contributed by atoms with van der Waals surface area (Å²) in [5.41, 5.74) is 2.03. The molecule has 0 radical (unpaired) electrons. The lowest BCUT2D eigenvalue weighted by atomic mass is 10.2. The monoisotopic (exact) mass is 465 g/mol. The van der Waals surface area contributed by atoms with Crippen LogP contribution >= 0.6 is 11.3 Å². The number of hydrogen-bond acceptors (Lipinski definition) is 9. The number of amides is 1. The van der Waals surface area contributed by atoms with Gasteiger partial charge in [0.25, 0.3) is 0 Å². The van der Waals surface area contributed by atoms with Crippen molar-refractivity contribution in [3.05, 3.63) is 48.7 Å². The number of nitrogens with zero attached hydrogens (tertiary/aromatic N) is 5. The lowest BCUT2D eigenvalue weighted by Crippen LogP contribution is -2.35. The number of aromatic nitrogens is 3. The number of nitrogens with one attached hydrogen (secondary N) is 2. The fourth-order valence-corrected chi connectivity index (χ4v) is 5.00. The van der Waals surface area contributed by atoms with Crippen LogP contribution in [0.2, 0.25) is 0 Å². The molecule has 5 rings (SSSR count). The molecule has 2 N–H and O–H groups in total. The highest BCUT2D eigenvalue weighted by Gasteiger charge is 2.25. The lowest BCUT2D eigenvalue weighted by molar-refractivity contribution is -0.125. The summed E-state index contributed by atoms with van der Waals surface area (Å²) in [5, 5.41) is 7.65. The van der Waals surface area contributed by atoms with Gasteiger partial charge in [0.1, 0.15) is 22.0 Å². The highest BCUT2D eigenvalue weighted by Crippen LogP contribution is 2.28. The van der Waals surface area contributed by atoms with E-state index >= 15 is 0 Å². The van der Waals surface area contributed by atoms with Crippen LogP contribution in [0, 0.1) is 0 Å². The van der Waals surface area contributed by atoms with Crippen molar-refractivity contribution in [2.45, 2.75) is 19.0 Å². The van der Waals surface area contributed by atoms with Crippen molar-refractivity contribution in [3.63, 3.8) is 0 Å². The third kappa shape index (κ3) is 5.29. The molecule has 0 spiro atoms. The molecule has 0 unspecified atom stereocenters. The molecule has 0 aliphatic carbocycles. The van der Waals surface area contributed by atoms with Crippen LogP contribution in [-0.4, -0.2) is 76.1 Å². The first-order valence-electron chi connectivity index (χ1n) is 11.1. The van der Waals surface area contributed by atoms with E-state index in [0.717, 1.165) is 78.5 Å². The van der Waals surface area contributed by atoms with Gasteiger partial charge in [0.15, 0.2) is 5.13 Å². The number of hydrogen-bond donors (Lipinski definition) is 2. The smallest absolute Gasteiger partial charge is 0.246 e. The Morgan fingerprint density at radius 2 is 2.09 bits per heavy atom. The van der Waals surface area contributed by atoms with Crippen molar-refractivity contribution in [2.75, 3.05) is 50.0 Å². The molecular weight excluding hydrogens is 438 g/mol. The number of carbonyl (C=O) groups is 1. The van der Waals surface area contributed by atoms with Gasteiger partial charge in [-0.15, -0.1) is 0 Å². The molecule has 9 nitrogen and oxygen atoms in total. The van der Waals surface area contributed by atoms with Gasteiger partial charge in [-0.05, 0) is 42.3 Å². The highest BCUT2D eigenvalue weighted by molar-refractivity contribution is 7.21. The molecule has 2 aliphatic rings. The minimum Gasteiger partial charge on any atom is -0.379 e. The van der Waals surface area contributed by atoms with Gasteiger partial charge in [-0.3, -0.25) is 9.69 Å². The number of rotatable bonds is 7. The van der Waals surface area contributed by atoms with E-state index in [1.807, 2.05) is 17.0 Å². The van der Waals surface area contributed by atoms with Gasteiger partial charge in [-0.25, -0.2) is 15.0 Å². The highest BCUT2D eigenvalue weighted by atomic mass is 32.1. The van der Waals surface area contributed by atoms with E-state index in [9.17, 15) is 4.79 Å². The molecule has 0 aromatic carbocycles. The second-order valence-corrected chi connectivity index (χ2v) is 9.20. The van der Waals surface area contributed by atoms with Crippen LogP contribution in [0.1, 0.15) is 12.0 Å². The minimum atomic E-state index is -0.0277. The standard InChI is InChI=1S/C23H27N7O2S/c1-2-21(31)30-7-5-17(15-30)25-19-12-16(14-29-8-10-32-11-9-29)13-20(27-19)28-23-26-18-4-3-6-24-22(18)33-23/h2-4,6,12-13,17H,1,5,7-11,14-15H2,(H2,25,26,27,28)/t17-/m0/s1. The molecule has 0 saturated carbocycles. The Labute approximate surface area is 196 Å². The average Bonchev–Trinajstić information content (AvgIpc) is 3.45. The van der Waals surface area contributed by atoms with E-state index in [-0.39, 0.29) is 11.9 Å². The fraction of sp³-hybridized carbons (Fsp3) is 0.391. The Hall–Kier alpha value is -3.08. The number of thiazole rings is 1. The fourth-order valence-electron chi connectivity index (χ4n) is 4.18. The first-order valence-corrected chi connectivity index (χ1v) is 12.0. The van der Waals surface area contributed by atoms with Crippen molar-refractivity contribution < 1.29 is 9.53 Å². The largest absolute Gasteiger partial charge is 0.379 e. The maximum atomic E-state index is 11.9. The number of anilines is 3. The maximum Gasteiger partial charge on any atom is 0.246 e. The molecule has 1 amide bonds.